The standard InChI is InChI=1S/C21H20N4O4S/c1-29-18(26)13-23-19(27)14-5-3-7-16(11-14)24-20(28)15-6-4-8-17(12-15)25-10-9-22-21(25)30-2/h3-12H,13H2,1-2H3,(H,23,27)(H,24,28). The molecule has 1 aromatic heterocycles. The van der Waals surface area contributed by atoms with Gasteiger partial charge in [-0.15, -0.1) is 0 Å². The fourth-order valence-corrected chi connectivity index (χ4v) is 3.23. The topological polar surface area (TPSA) is 102 Å². The maximum atomic E-state index is 12.7. The number of nitrogens with one attached hydrogen (secondary N) is 2. The van der Waals surface area contributed by atoms with Gasteiger partial charge in [-0.1, -0.05) is 23.9 Å². The van der Waals surface area contributed by atoms with E-state index < -0.39 is 11.9 Å². The van der Waals surface area contributed by atoms with E-state index in [0.717, 1.165) is 10.8 Å². The second-order valence-corrected chi connectivity index (χ2v) is 6.90. The molecule has 2 N–H and O–H groups in total. The van der Waals surface area contributed by atoms with E-state index in [4.69, 9.17) is 0 Å². The van der Waals surface area contributed by atoms with Crippen LogP contribution in [0.1, 0.15) is 20.7 Å². The molecule has 3 aromatic rings. The largest absolute Gasteiger partial charge is 0.468 e. The maximum absolute atomic E-state index is 12.7. The first-order chi connectivity index (χ1) is 14.5. The first kappa shape index (κ1) is 21.1. The van der Waals surface area contributed by atoms with Gasteiger partial charge in [0.1, 0.15) is 6.54 Å². The molecule has 1 heterocycles. The third-order valence-corrected chi connectivity index (χ3v) is 4.85. The number of methoxy groups -OCH3 is 1. The molecule has 154 valence electrons. The summed E-state index contributed by atoms with van der Waals surface area (Å²) < 4.78 is 6.39. The van der Waals surface area contributed by atoms with Gasteiger partial charge in [0, 0.05) is 34.9 Å². The number of imidazole rings is 1. The third-order valence-electron chi connectivity index (χ3n) is 4.18. The average molecular weight is 424 g/mol. The van der Waals surface area contributed by atoms with Crippen LogP contribution in [-0.2, 0) is 9.53 Å². The minimum atomic E-state index is -0.546. The van der Waals surface area contributed by atoms with E-state index in [1.54, 1.807) is 42.6 Å². The molecule has 0 aliphatic heterocycles. The molecule has 0 unspecified atom stereocenters. The lowest BCUT2D eigenvalue weighted by molar-refractivity contribution is -0.139. The van der Waals surface area contributed by atoms with Gasteiger partial charge in [-0.3, -0.25) is 19.0 Å². The van der Waals surface area contributed by atoms with Gasteiger partial charge in [-0.25, -0.2) is 4.98 Å². The van der Waals surface area contributed by atoms with E-state index in [9.17, 15) is 14.4 Å². The van der Waals surface area contributed by atoms with Crippen molar-refractivity contribution in [1.82, 2.24) is 14.9 Å². The molecule has 2 amide bonds. The van der Waals surface area contributed by atoms with Crippen LogP contribution in [0.3, 0.4) is 0 Å². The summed E-state index contributed by atoms with van der Waals surface area (Å²) in [5, 5.41) is 6.07. The summed E-state index contributed by atoms with van der Waals surface area (Å²) in [5.74, 6) is -1.30. The fraction of sp³-hybridized carbons (Fsp3) is 0.143. The quantitative estimate of drug-likeness (QED) is 0.447. The highest BCUT2D eigenvalue weighted by Crippen LogP contribution is 2.20. The first-order valence-electron chi connectivity index (χ1n) is 8.96. The number of esters is 1. The Kier molecular flexibility index (Phi) is 6.87. The molecule has 8 nitrogen and oxygen atoms in total. The average Bonchev–Trinajstić information content (AvgIpc) is 3.26. The molecule has 0 aliphatic carbocycles. The zero-order valence-electron chi connectivity index (χ0n) is 16.4. The van der Waals surface area contributed by atoms with Crippen molar-refractivity contribution in [3.8, 4) is 5.69 Å². The van der Waals surface area contributed by atoms with Crippen molar-refractivity contribution >= 4 is 35.2 Å². The Labute approximate surface area is 177 Å². The van der Waals surface area contributed by atoms with E-state index >= 15 is 0 Å². The second kappa shape index (κ2) is 9.75. The Morgan fingerprint density at radius 1 is 1.07 bits per heavy atom. The number of anilines is 1. The van der Waals surface area contributed by atoms with Gasteiger partial charge in [0.05, 0.1) is 7.11 Å². The minimum absolute atomic E-state index is 0.231. The number of carbonyl (C=O) groups is 3. The Morgan fingerprint density at radius 3 is 2.53 bits per heavy atom. The van der Waals surface area contributed by atoms with Crippen molar-refractivity contribution < 1.29 is 19.1 Å². The summed E-state index contributed by atoms with van der Waals surface area (Å²) in [7, 11) is 1.24. The number of aromatic nitrogens is 2. The van der Waals surface area contributed by atoms with Crippen LogP contribution in [0, 0.1) is 0 Å². The summed E-state index contributed by atoms with van der Waals surface area (Å²) >= 11 is 1.51. The van der Waals surface area contributed by atoms with Gasteiger partial charge in [-0.2, -0.15) is 0 Å². The maximum Gasteiger partial charge on any atom is 0.325 e. The molecule has 0 saturated heterocycles. The number of ether oxygens (including phenoxy) is 1. The van der Waals surface area contributed by atoms with Crippen LogP contribution < -0.4 is 10.6 Å². The number of benzene rings is 2. The predicted octanol–water partition coefficient (Wildman–Crippen LogP) is 2.75. The highest BCUT2D eigenvalue weighted by Gasteiger charge is 2.12. The van der Waals surface area contributed by atoms with Crippen molar-refractivity contribution in [1.29, 1.82) is 0 Å². The molecule has 0 spiro atoms. The number of thioether (sulfide) groups is 1. The van der Waals surface area contributed by atoms with Crippen molar-refractivity contribution in [3.63, 3.8) is 0 Å². The zero-order valence-corrected chi connectivity index (χ0v) is 17.2. The lowest BCUT2D eigenvalue weighted by atomic mass is 10.1. The monoisotopic (exact) mass is 424 g/mol. The Morgan fingerprint density at radius 2 is 1.80 bits per heavy atom. The minimum Gasteiger partial charge on any atom is -0.468 e. The van der Waals surface area contributed by atoms with Crippen LogP contribution >= 0.6 is 11.8 Å². The first-order valence-corrected chi connectivity index (χ1v) is 10.2. The van der Waals surface area contributed by atoms with Crippen LogP contribution in [0.25, 0.3) is 5.69 Å². The normalized spacial score (nSPS) is 10.3. The predicted molar refractivity (Wildman–Crippen MR) is 114 cm³/mol. The van der Waals surface area contributed by atoms with Crippen molar-refractivity contribution in [2.24, 2.45) is 0 Å². The molecular weight excluding hydrogens is 404 g/mol. The molecule has 0 fully saturated rings. The molecule has 30 heavy (non-hydrogen) atoms. The number of rotatable bonds is 7. The molecule has 2 aromatic carbocycles. The van der Waals surface area contributed by atoms with Gasteiger partial charge in [0.25, 0.3) is 11.8 Å². The van der Waals surface area contributed by atoms with E-state index in [-0.39, 0.29) is 12.5 Å². The zero-order chi connectivity index (χ0) is 21.5. The van der Waals surface area contributed by atoms with Gasteiger partial charge in [0.2, 0.25) is 0 Å². The molecule has 0 aliphatic rings. The Balaban J connectivity index is 1.73. The summed E-state index contributed by atoms with van der Waals surface area (Å²) in [5.41, 5.74) is 2.06. The molecule has 0 atom stereocenters. The van der Waals surface area contributed by atoms with Crippen molar-refractivity contribution in [3.05, 3.63) is 72.1 Å². The van der Waals surface area contributed by atoms with Crippen LogP contribution in [0.4, 0.5) is 5.69 Å². The number of carbonyl (C=O) groups excluding carboxylic acids is 3. The summed E-state index contributed by atoms with van der Waals surface area (Å²) in [6.07, 6.45) is 5.47. The summed E-state index contributed by atoms with van der Waals surface area (Å²) in [6.45, 7) is -0.231. The number of hydrogen-bond acceptors (Lipinski definition) is 6. The lowest BCUT2D eigenvalue weighted by Gasteiger charge is -2.10. The van der Waals surface area contributed by atoms with Gasteiger partial charge in [0.15, 0.2) is 5.16 Å². The van der Waals surface area contributed by atoms with Crippen molar-refractivity contribution in [2.75, 3.05) is 25.2 Å². The highest BCUT2D eigenvalue weighted by atomic mass is 32.2. The molecule has 0 radical (unpaired) electrons. The van der Waals surface area contributed by atoms with Crippen LogP contribution in [0.2, 0.25) is 0 Å². The van der Waals surface area contributed by atoms with E-state index in [2.05, 4.69) is 20.4 Å². The third kappa shape index (κ3) is 5.06. The molecule has 3 rings (SSSR count). The Bertz CT molecular complexity index is 1080. The van der Waals surface area contributed by atoms with Gasteiger partial charge in [-0.05, 0) is 42.7 Å². The lowest BCUT2D eigenvalue weighted by Crippen LogP contribution is -2.30. The van der Waals surface area contributed by atoms with E-state index in [0.29, 0.717) is 16.8 Å². The molecular formula is C21H20N4O4S. The number of hydrogen-bond donors (Lipinski definition) is 2. The van der Waals surface area contributed by atoms with Crippen LogP contribution in [0.5, 0.6) is 0 Å². The molecule has 9 heteroatoms. The molecule has 0 bridgehead atoms. The number of amides is 2. The summed E-state index contributed by atoms with van der Waals surface area (Å²) in [6, 6.07) is 13.6. The Hall–Kier alpha value is -3.59. The second-order valence-electron chi connectivity index (χ2n) is 6.13. The smallest absolute Gasteiger partial charge is 0.325 e. The summed E-state index contributed by atoms with van der Waals surface area (Å²) in [4.78, 5) is 40.3. The van der Waals surface area contributed by atoms with Crippen LogP contribution in [0.15, 0.2) is 66.1 Å². The SMILES string of the molecule is COC(=O)CNC(=O)c1cccc(NC(=O)c2cccc(-n3ccnc3SC)c2)c1. The van der Waals surface area contributed by atoms with Crippen LogP contribution in [-0.4, -0.2) is 47.2 Å². The number of nitrogens with zero attached hydrogens (tertiary/aromatic N) is 2. The van der Waals surface area contributed by atoms with Gasteiger partial charge >= 0.3 is 5.97 Å². The highest BCUT2D eigenvalue weighted by molar-refractivity contribution is 7.98. The van der Waals surface area contributed by atoms with Crippen molar-refractivity contribution in [2.45, 2.75) is 5.16 Å². The molecule has 0 saturated carbocycles. The fourth-order valence-electron chi connectivity index (χ4n) is 2.70. The van der Waals surface area contributed by atoms with E-state index in [1.807, 2.05) is 23.1 Å². The van der Waals surface area contributed by atoms with Gasteiger partial charge < -0.3 is 15.4 Å². The van der Waals surface area contributed by atoms with E-state index in [1.165, 1.54) is 24.9 Å².